The van der Waals surface area contributed by atoms with Gasteiger partial charge in [-0.25, -0.2) is 8.78 Å². The molecule has 0 atom stereocenters. The Balaban J connectivity index is 1.61. The van der Waals surface area contributed by atoms with E-state index in [9.17, 15) is 13.6 Å². The lowest BCUT2D eigenvalue weighted by atomic mass is 9.74. The fourth-order valence-electron chi connectivity index (χ4n) is 4.47. The molecule has 3 nitrogen and oxygen atoms in total. The zero-order valence-electron chi connectivity index (χ0n) is 16.9. The number of amides is 1. The van der Waals surface area contributed by atoms with Crippen molar-refractivity contribution in [3.05, 3.63) is 76.9 Å². The molecule has 29 heavy (non-hydrogen) atoms. The highest BCUT2D eigenvalue weighted by Gasteiger charge is 2.46. The van der Waals surface area contributed by atoms with Gasteiger partial charge >= 0.3 is 0 Å². The van der Waals surface area contributed by atoms with Gasteiger partial charge in [0.2, 0.25) is 0 Å². The molecule has 0 N–H and O–H groups in total. The van der Waals surface area contributed by atoms with Gasteiger partial charge in [-0.3, -0.25) is 9.69 Å². The number of carbonyl (C=O) groups is 1. The summed E-state index contributed by atoms with van der Waals surface area (Å²) in [6.07, 6.45) is 3.99. The topological polar surface area (TPSA) is 23.6 Å². The SMILES string of the molecule is CC(C)=CCN1CCC2(CC1)CN(C(=O)c1ccc(F)cc1)c1ccc(F)cc12. The van der Waals surface area contributed by atoms with Gasteiger partial charge in [-0.2, -0.15) is 0 Å². The van der Waals surface area contributed by atoms with Gasteiger partial charge in [-0.1, -0.05) is 11.6 Å². The number of benzene rings is 2. The summed E-state index contributed by atoms with van der Waals surface area (Å²) in [6.45, 7) is 7.49. The van der Waals surface area contributed by atoms with Crippen molar-refractivity contribution in [3.8, 4) is 0 Å². The van der Waals surface area contributed by atoms with Crippen molar-refractivity contribution in [2.24, 2.45) is 0 Å². The van der Waals surface area contributed by atoms with E-state index in [1.54, 1.807) is 17.0 Å². The second-order valence-corrected chi connectivity index (χ2v) is 8.42. The first-order valence-corrected chi connectivity index (χ1v) is 10.1. The van der Waals surface area contributed by atoms with Gasteiger partial charge in [0.05, 0.1) is 0 Å². The lowest BCUT2D eigenvalue weighted by Gasteiger charge is -2.39. The van der Waals surface area contributed by atoms with Crippen LogP contribution in [0, 0.1) is 11.6 Å². The average Bonchev–Trinajstić information content (AvgIpc) is 3.01. The fraction of sp³-hybridized carbons (Fsp3) is 0.375. The Hall–Kier alpha value is -2.53. The predicted molar refractivity (Wildman–Crippen MR) is 111 cm³/mol. The van der Waals surface area contributed by atoms with E-state index in [0.29, 0.717) is 12.1 Å². The maximum absolute atomic E-state index is 14.1. The molecule has 5 heteroatoms. The molecule has 1 spiro atoms. The van der Waals surface area contributed by atoms with Crippen LogP contribution in [-0.4, -0.2) is 37.0 Å². The molecule has 2 aliphatic heterocycles. The van der Waals surface area contributed by atoms with E-state index in [-0.39, 0.29) is 23.0 Å². The number of nitrogens with zero attached hydrogens (tertiary/aromatic N) is 2. The summed E-state index contributed by atoms with van der Waals surface area (Å²) in [6, 6.07) is 10.3. The van der Waals surface area contributed by atoms with Gasteiger partial charge in [0, 0.05) is 29.8 Å². The summed E-state index contributed by atoms with van der Waals surface area (Å²) in [4.78, 5) is 17.3. The van der Waals surface area contributed by atoms with Gasteiger partial charge in [0.15, 0.2) is 0 Å². The molecule has 152 valence electrons. The van der Waals surface area contributed by atoms with E-state index in [4.69, 9.17) is 0 Å². The van der Waals surface area contributed by atoms with E-state index in [1.165, 1.54) is 35.9 Å². The van der Waals surface area contributed by atoms with Crippen LogP contribution in [0.5, 0.6) is 0 Å². The normalized spacial score (nSPS) is 18.0. The van der Waals surface area contributed by atoms with E-state index in [2.05, 4.69) is 24.8 Å². The molecule has 4 rings (SSSR count). The van der Waals surface area contributed by atoms with Crippen LogP contribution in [0.25, 0.3) is 0 Å². The number of fused-ring (bicyclic) bond motifs is 2. The Morgan fingerprint density at radius 2 is 1.69 bits per heavy atom. The molecule has 1 amide bonds. The summed E-state index contributed by atoms with van der Waals surface area (Å²) in [5, 5.41) is 0. The summed E-state index contributed by atoms with van der Waals surface area (Å²) in [5.74, 6) is -0.807. The molecule has 2 aliphatic rings. The minimum Gasteiger partial charge on any atom is -0.307 e. The lowest BCUT2D eigenvalue weighted by molar-refractivity contribution is 0.0977. The summed E-state index contributed by atoms with van der Waals surface area (Å²) in [7, 11) is 0. The van der Waals surface area contributed by atoms with Gasteiger partial charge in [0.1, 0.15) is 11.6 Å². The van der Waals surface area contributed by atoms with Crippen molar-refractivity contribution >= 4 is 11.6 Å². The standard InChI is InChI=1S/C24H26F2N2O/c1-17(2)9-12-27-13-10-24(11-14-27)16-28(22-8-7-20(26)15-21(22)24)23(29)18-3-5-19(25)6-4-18/h3-9,15H,10-14,16H2,1-2H3. The molecule has 0 radical (unpaired) electrons. The van der Waals surface area contributed by atoms with Crippen LogP contribution < -0.4 is 4.90 Å². The number of anilines is 1. The second kappa shape index (κ2) is 7.71. The Bertz CT molecular complexity index is 940. The van der Waals surface area contributed by atoms with Crippen LogP contribution >= 0.6 is 0 Å². The molecular formula is C24H26F2N2O. The van der Waals surface area contributed by atoms with Gasteiger partial charge in [-0.05, 0) is 87.8 Å². The number of hydrogen-bond donors (Lipinski definition) is 0. The van der Waals surface area contributed by atoms with Crippen molar-refractivity contribution < 1.29 is 13.6 Å². The van der Waals surface area contributed by atoms with Crippen LogP contribution in [0.2, 0.25) is 0 Å². The fourth-order valence-corrected chi connectivity index (χ4v) is 4.47. The molecule has 2 aromatic rings. The highest BCUT2D eigenvalue weighted by Crippen LogP contribution is 2.47. The summed E-state index contributed by atoms with van der Waals surface area (Å²) in [5.41, 5.74) is 3.22. The Labute approximate surface area is 170 Å². The number of rotatable bonds is 3. The van der Waals surface area contributed by atoms with Crippen LogP contribution in [0.4, 0.5) is 14.5 Å². The van der Waals surface area contributed by atoms with Crippen LogP contribution in [0.15, 0.2) is 54.1 Å². The maximum Gasteiger partial charge on any atom is 0.258 e. The maximum atomic E-state index is 14.1. The molecule has 1 saturated heterocycles. The quantitative estimate of drug-likeness (QED) is 0.687. The second-order valence-electron chi connectivity index (χ2n) is 8.42. The van der Waals surface area contributed by atoms with E-state index < -0.39 is 0 Å². The van der Waals surface area contributed by atoms with Gasteiger partial charge in [0.25, 0.3) is 5.91 Å². The molecule has 1 fully saturated rings. The Morgan fingerprint density at radius 3 is 2.34 bits per heavy atom. The smallest absolute Gasteiger partial charge is 0.258 e. The number of carbonyl (C=O) groups excluding carboxylic acids is 1. The van der Waals surface area contributed by atoms with E-state index >= 15 is 0 Å². The third-order valence-corrected chi connectivity index (χ3v) is 6.19. The molecular weight excluding hydrogens is 370 g/mol. The highest BCUT2D eigenvalue weighted by atomic mass is 19.1. The lowest BCUT2D eigenvalue weighted by Crippen LogP contribution is -2.46. The Kier molecular flexibility index (Phi) is 5.26. The van der Waals surface area contributed by atoms with Crippen molar-refractivity contribution in [1.29, 1.82) is 0 Å². The molecule has 0 unspecified atom stereocenters. The molecule has 0 aromatic heterocycles. The number of piperidine rings is 1. The van der Waals surface area contributed by atoms with Gasteiger partial charge in [-0.15, -0.1) is 0 Å². The molecule has 0 bridgehead atoms. The van der Waals surface area contributed by atoms with Crippen LogP contribution in [0.3, 0.4) is 0 Å². The Morgan fingerprint density at radius 1 is 1.03 bits per heavy atom. The monoisotopic (exact) mass is 396 g/mol. The molecule has 2 aromatic carbocycles. The van der Waals surface area contributed by atoms with Gasteiger partial charge < -0.3 is 4.90 Å². The van der Waals surface area contributed by atoms with E-state index in [1.807, 2.05) is 0 Å². The predicted octanol–water partition coefficient (Wildman–Crippen LogP) is 4.93. The van der Waals surface area contributed by atoms with E-state index in [0.717, 1.165) is 43.7 Å². The largest absolute Gasteiger partial charge is 0.307 e. The van der Waals surface area contributed by atoms with Crippen LogP contribution in [-0.2, 0) is 5.41 Å². The number of hydrogen-bond acceptors (Lipinski definition) is 2. The minimum absolute atomic E-state index is 0.165. The zero-order chi connectivity index (χ0) is 20.6. The van der Waals surface area contributed by atoms with Crippen LogP contribution in [0.1, 0.15) is 42.6 Å². The zero-order valence-corrected chi connectivity index (χ0v) is 16.9. The first-order chi connectivity index (χ1) is 13.9. The highest BCUT2D eigenvalue weighted by molar-refractivity contribution is 6.07. The third kappa shape index (κ3) is 3.84. The van der Waals surface area contributed by atoms with Crippen molar-refractivity contribution in [3.63, 3.8) is 0 Å². The molecule has 0 saturated carbocycles. The summed E-state index contributed by atoms with van der Waals surface area (Å²) >= 11 is 0. The van der Waals surface area contributed by atoms with Crippen molar-refractivity contribution in [1.82, 2.24) is 4.90 Å². The molecule has 0 aliphatic carbocycles. The number of likely N-dealkylation sites (tertiary alicyclic amines) is 1. The average molecular weight is 396 g/mol. The minimum atomic E-state index is -0.370. The first-order valence-electron chi connectivity index (χ1n) is 10.1. The van der Waals surface area contributed by atoms with Crippen molar-refractivity contribution in [2.45, 2.75) is 32.1 Å². The number of allylic oxidation sites excluding steroid dienone is 1. The van der Waals surface area contributed by atoms with Crippen molar-refractivity contribution in [2.75, 3.05) is 31.1 Å². The molecule has 2 heterocycles. The first kappa shape index (κ1) is 19.8. The number of halogens is 2. The summed E-state index contributed by atoms with van der Waals surface area (Å²) < 4.78 is 27.4. The third-order valence-electron chi connectivity index (χ3n) is 6.19.